The van der Waals surface area contributed by atoms with E-state index in [1.54, 1.807) is 0 Å². The molecule has 2 rings (SSSR count). The summed E-state index contributed by atoms with van der Waals surface area (Å²) in [6, 6.07) is 4.50. The quantitative estimate of drug-likeness (QED) is 0.894. The van der Waals surface area contributed by atoms with E-state index >= 15 is 0 Å². The molecule has 2 N–H and O–H groups in total. The second-order valence-corrected chi connectivity index (χ2v) is 6.15. The van der Waals surface area contributed by atoms with Gasteiger partial charge in [-0.1, -0.05) is 6.07 Å². The Hall–Kier alpha value is -1.89. The van der Waals surface area contributed by atoms with E-state index in [1.807, 2.05) is 44.1 Å². The maximum Gasteiger partial charge on any atom is 0.327 e. The van der Waals surface area contributed by atoms with Crippen molar-refractivity contribution < 1.29 is 14.7 Å². The first-order chi connectivity index (χ1) is 9.90. The number of nitrogens with one attached hydrogen (secondary N) is 1. The van der Waals surface area contributed by atoms with E-state index in [0.29, 0.717) is 17.3 Å². The predicted octanol–water partition coefficient (Wildman–Crippen LogP) is 2.05. The molecule has 0 saturated carbocycles. The molecule has 114 valence electrons. The fourth-order valence-corrected chi connectivity index (χ4v) is 3.36. The van der Waals surface area contributed by atoms with Crippen molar-refractivity contribution in [2.24, 2.45) is 0 Å². The topological polar surface area (TPSA) is 72.9 Å². The SMILES string of the molecule is Cc1ccc(NC(=O)N2CSC[C@H]2C(=O)O)cc1N(C)C. The molecule has 1 aromatic rings. The summed E-state index contributed by atoms with van der Waals surface area (Å²) in [4.78, 5) is 26.7. The Bertz CT molecular complexity index is 562. The summed E-state index contributed by atoms with van der Waals surface area (Å²) >= 11 is 1.44. The van der Waals surface area contributed by atoms with Gasteiger partial charge in [0.05, 0.1) is 5.88 Å². The van der Waals surface area contributed by atoms with Crippen LogP contribution in [0.5, 0.6) is 0 Å². The van der Waals surface area contributed by atoms with Crippen molar-refractivity contribution in [2.45, 2.75) is 13.0 Å². The number of hydrogen-bond acceptors (Lipinski definition) is 4. The molecule has 0 bridgehead atoms. The summed E-state index contributed by atoms with van der Waals surface area (Å²) in [7, 11) is 3.87. The Morgan fingerprint density at radius 1 is 1.43 bits per heavy atom. The molecule has 1 aliphatic heterocycles. The van der Waals surface area contributed by atoms with Gasteiger partial charge in [-0.3, -0.25) is 0 Å². The summed E-state index contributed by atoms with van der Waals surface area (Å²) in [6.07, 6.45) is 0. The van der Waals surface area contributed by atoms with Gasteiger partial charge >= 0.3 is 12.0 Å². The molecule has 21 heavy (non-hydrogen) atoms. The van der Waals surface area contributed by atoms with Crippen LogP contribution in [0.25, 0.3) is 0 Å². The Morgan fingerprint density at radius 2 is 2.14 bits per heavy atom. The van der Waals surface area contributed by atoms with Crippen LogP contribution in [0, 0.1) is 6.92 Å². The van der Waals surface area contributed by atoms with Gasteiger partial charge in [-0.15, -0.1) is 11.8 Å². The molecular weight excluding hydrogens is 290 g/mol. The van der Waals surface area contributed by atoms with Crippen molar-refractivity contribution in [1.82, 2.24) is 4.90 Å². The van der Waals surface area contributed by atoms with Crippen LogP contribution in [0.2, 0.25) is 0 Å². The van der Waals surface area contributed by atoms with Gasteiger partial charge in [0.2, 0.25) is 0 Å². The van der Waals surface area contributed by atoms with Gasteiger partial charge in [-0.05, 0) is 24.6 Å². The third-order valence-corrected chi connectivity index (χ3v) is 4.38. The molecule has 1 saturated heterocycles. The van der Waals surface area contributed by atoms with Crippen molar-refractivity contribution >= 4 is 35.1 Å². The van der Waals surface area contributed by atoms with Crippen LogP contribution in [0.15, 0.2) is 18.2 Å². The average Bonchev–Trinajstić information content (AvgIpc) is 2.90. The van der Waals surface area contributed by atoms with Gasteiger partial charge in [0, 0.05) is 31.2 Å². The molecule has 0 aliphatic carbocycles. The third-order valence-electron chi connectivity index (χ3n) is 3.37. The van der Waals surface area contributed by atoms with Crippen LogP contribution in [0.4, 0.5) is 16.2 Å². The molecule has 0 aromatic heterocycles. The maximum atomic E-state index is 12.2. The zero-order chi connectivity index (χ0) is 15.6. The number of thioether (sulfide) groups is 1. The lowest BCUT2D eigenvalue weighted by Gasteiger charge is -2.22. The molecule has 1 aromatic carbocycles. The number of urea groups is 1. The summed E-state index contributed by atoms with van der Waals surface area (Å²) in [5.74, 6) is -0.137. The molecule has 0 spiro atoms. The zero-order valence-electron chi connectivity index (χ0n) is 12.3. The Balaban J connectivity index is 2.13. The lowest BCUT2D eigenvalue weighted by atomic mass is 10.1. The minimum Gasteiger partial charge on any atom is -0.480 e. The highest BCUT2D eigenvalue weighted by Gasteiger charge is 2.34. The van der Waals surface area contributed by atoms with E-state index in [0.717, 1.165) is 11.3 Å². The predicted molar refractivity (Wildman–Crippen MR) is 85.1 cm³/mol. The third kappa shape index (κ3) is 3.41. The molecule has 7 heteroatoms. The number of carboxylic acid groups (broad SMARTS) is 1. The summed E-state index contributed by atoms with van der Waals surface area (Å²) < 4.78 is 0. The van der Waals surface area contributed by atoms with Gasteiger partial charge in [0.15, 0.2) is 0 Å². The average molecular weight is 309 g/mol. The van der Waals surface area contributed by atoms with Crippen molar-refractivity contribution in [2.75, 3.05) is 35.9 Å². The standard InChI is InChI=1S/C14H19N3O3S/c1-9-4-5-10(6-11(9)16(2)3)15-14(20)17-8-21-7-12(17)13(18)19/h4-6,12H,7-8H2,1-3H3,(H,15,20)(H,18,19)/t12-/m0/s1. The number of rotatable bonds is 3. The van der Waals surface area contributed by atoms with Crippen LogP contribution >= 0.6 is 11.8 Å². The number of anilines is 2. The Labute approximate surface area is 128 Å². The van der Waals surface area contributed by atoms with Crippen LogP contribution in [0.3, 0.4) is 0 Å². The van der Waals surface area contributed by atoms with Gasteiger partial charge in [-0.2, -0.15) is 0 Å². The number of carbonyl (C=O) groups is 2. The van der Waals surface area contributed by atoms with E-state index < -0.39 is 12.0 Å². The fraction of sp³-hybridized carbons (Fsp3) is 0.429. The van der Waals surface area contributed by atoms with Crippen LogP contribution < -0.4 is 10.2 Å². The fourth-order valence-electron chi connectivity index (χ4n) is 2.21. The molecule has 1 heterocycles. The van der Waals surface area contributed by atoms with Crippen LogP contribution in [-0.2, 0) is 4.79 Å². The summed E-state index contributed by atoms with van der Waals surface area (Å²) in [6.45, 7) is 2.00. The van der Waals surface area contributed by atoms with E-state index in [1.165, 1.54) is 16.7 Å². The monoisotopic (exact) mass is 309 g/mol. The molecule has 0 radical (unpaired) electrons. The van der Waals surface area contributed by atoms with E-state index in [9.17, 15) is 9.59 Å². The van der Waals surface area contributed by atoms with E-state index in [4.69, 9.17) is 5.11 Å². The van der Waals surface area contributed by atoms with Crippen molar-refractivity contribution in [1.29, 1.82) is 0 Å². The number of nitrogens with zero attached hydrogens (tertiary/aromatic N) is 2. The number of amides is 2. The maximum absolute atomic E-state index is 12.2. The molecule has 1 aliphatic rings. The van der Waals surface area contributed by atoms with Crippen molar-refractivity contribution in [3.05, 3.63) is 23.8 Å². The second-order valence-electron chi connectivity index (χ2n) is 5.15. The molecule has 6 nitrogen and oxygen atoms in total. The molecular formula is C14H19N3O3S. The first kappa shape index (κ1) is 15.5. The molecule has 1 atom stereocenters. The number of carboxylic acids is 1. The van der Waals surface area contributed by atoms with Gasteiger partial charge in [0.1, 0.15) is 6.04 Å². The van der Waals surface area contributed by atoms with Gasteiger partial charge in [-0.25, -0.2) is 9.59 Å². The Kier molecular flexibility index (Phi) is 4.62. The molecule has 2 amide bonds. The first-order valence-electron chi connectivity index (χ1n) is 6.56. The minimum atomic E-state index is -0.965. The number of aliphatic carboxylic acids is 1. The van der Waals surface area contributed by atoms with E-state index in [2.05, 4.69) is 5.32 Å². The first-order valence-corrected chi connectivity index (χ1v) is 7.71. The number of aryl methyl sites for hydroxylation is 1. The summed E-state index contributed by atoms with van der Waals surface area (Å²) in [5.41, 5.74) is 2.78. The van der Waals surface area contributed by atoms with E-state index in [-0.39, 0.29) is 6.03 Å². The normalized spacial score (nSPS) is 17.7. The zero-order valence-corrected chi connectivity index (χ0v) is 13.1. The number of benzene rings is 1. The highest BCUT2D eigenvalue weighted by atomic mass is 32.2. The lowest BCUT2D eigenvalue weighted by molar-refractivity contribution is -0.140. The van der Waals surface area contributed by atoms with Crippen LogP contribution in [-0.4, -0.2) is 53.8 Å². The van der Waals surface area contributed by atoms with Crippen LogP contribution in [0.1, 0.15) is 5.56 Å². The second kappa shape index (κ2) is 6.26. The molecule has 1 fully saturated rings. The minimum absolute atomic E-state index is 0.374. The number of carbonyl (C=O) groups excluding carboxylic acids is 1. The smallest absolute Gasteiger partial charge is 0.327 e. The number of hydrogen-bond donors (Lipinski definition) is 2. The highest BCUT2D eigenvalue weighted by Crippen LogP contribution is 2.25. The highest BCUT2D eigenvalue weighted by molar-refractivity contribution is 7.99. The van der Waals surface area contributed by atoms with Crippen molar-refractivity contribution in [3.8, 4) is 0 Å². The Morgan fingerprint density at radius 3 is 2.76 bits per heavy atom. The van der Waals surface area contributed by atoms with Crippen molar-refractivity contribution in [3.63, 3.8) is 0 Å². The summed E-state index contributed by atoms with van der Waals surface area (Å²) in [5, 5.41) is 11.9. The largest absolute Gasteiger partial charge is 0.480 e. The molecule has 0 unspecified atom stereocenters. The van der Waals surface area contributed by atoms with Gasteiger partial charge in [0.25, 0.3) is 0 Å². The van der Waals surface area contributed by atoms with Gasteiger partial charge < -0.3 is 20.2 Å². The lowest BCUT2D eigenvalue weighted by Crippen LogP contribution is -2.43.